The number of carbonyl (C=O) groups is 1. The minimum Gasteiger partial charge on any atom is -0.490 e. The number of nitrogens with one attached hydrogen (secondary N) is 1. The maximum atomic E-state index is 12.2. The van der Waals surface area contributed by atoms with Gasteiger partial charge in [-0.15, -0.1) is 0 Å². The Hall–Kier alpha value is -2.61. The minimum absolute atomic E-state index is 0.101. The Balaban J connectivity index is 1.73. The third kappa shape index (κ3) is 6.43. The number of aromatic nitrogens is 1. The molecule has 6 nitrogen and oxygen atoms in total. The zero-order valence-corrected chi connectivity index (χ0v) is 19.5. The van der Waals surface area contributed by atoms with Crippen molar-refractivity contribution in [1.82, 2.24) is 10.4 Å². The summed E-state index contributed by atoms with van der Waals surface area (Å²) in [6.07, 6.45) is 2.95. The van der Waals surface area contributed by atoms with E-state index < -0.39 is 5.91 Å². The summed E-state index contributed by atoms with van der Waals surface area (Å²) >= 11 is 15.8. The van der Waals surface area contributed by atoms with Gasteiger partial charge in [-0.05, 0) is 54.4 Å². The second-order valence-corrected chi connectivity index (χ2v) is 7.90. The van der Waals surface area contributed by atoms with E-state index >= 15 is 0 Å². The van der Waals surface area contributed by atoms with E-state index in [2.05, 4.69) is 31.4 Å². The molecule has 0 atom stereocenters. The fraction of sp³-hybridized carbons (Fsp3) is 0.136. The molecule has 0 spiro atoms. The Morgan fingerprint density at radius 3 is 2.68 bits per heavy atom. The molecule has 0 radical (unpaired) electrons. The van der Waals surface area contributed by atoms with Gasteiger partial charge in [0.1, 0.15) is 11.8 Å². The molecule has 0 aliphatic heterocycles. The van der Waals surface area contributed by atoms with Gasteiger partial charge < -0.3 is 9.47 Å². The number of nitrogens with zero attached hydrogens (tertiary/aromatic N) is 2. The van der Waals surface area contributed by atoms with Crippen molar-refractivity contribution in [1.29, 1.82) is 0 Å². The van der Waals surface area contributed by atoms with E-state index in [1.165, 1.54) is 12.4 Å². The topological polar surface area (TPSA) is 72.8 Å². The molecule has 31 heavy (non-hydrogen) atoms. The molecule has 0 aliphatic rings. The van der Waals surface area contributed by atoms with Crippen LogP contribution < -0.4 is 14.9 Å². The Bertz CT molecular complexity index is 1090. The van der Waals surface area contributed by atoms with Crippen LogP contribution in [0.25, 0.3) is 0 Å². The van der Waals surface area contributed by atoms with Crippen LogP contribution in [0, 0.1) is 0 Å². The fourth-order valence-corrected chi connectivity index (χ4v) is 3.33. The summed E-state index contributed by atoms with van der Waals surface area (Å²) < 4.78 is 12.6. The lowest BCUT2D eigenvalue weighted by Crippen LogP contribution is -2.18. The van der Waals surface area contributed by atoms with Crippen LogP contribution >= 0.6 is 39.1 Å². The van der Waals surface area contributed by atoms with Crippen molar-refractivity contribution in [3.05, 3.63) is 86.1 Å². The minimum atomic E-state index is -0.472. The predicted octanol–water partition coefficient (Wildman–Crippen LogP) is 5.89. The van der Waals surface area contributed by atoms with Crippen LogP contribution in [0.15, 0.2) is 64.3 Å². The maximum absolute atomic E-state index is 12.2. The molecule has 0 unspecified atom stereocenters. The Kier molecular flexibility index (Phi) is 8.28. The van der Waals surface area contributed by atoms with Crippen LogP contribution in [0.2, 0.25) is 10.2 Å². The van der Waals surface area contributed by atoms with Crippen LogP contribution in [-0.4, -0.2) is 23.7 Å². The molecular weight excluding hydrogens is 505 g/mol. The number of ether oxygens (including phenoxy) is 2. The molecule has 0 saturated heterocycles. The van der Waals surface area contributed by atoms with Crippen molar-refractivity contribution < 1.29 is 14.3 Å². The Morgan fingerprint density at radius 1 is 1.19 bits per heavy atom. The summed E-state index contributed by atoms with van der Waals surface area (Å²) in [5, 5.41) is 4.43. The Morgan fingerprint density at radius 2 is 1.97 bits per heavy atom. The average molecular weight is 523 g/mol. The van der Waals surface area contributed by atoms with Crippen LogP contribution in [-0.2, 0) is 6.61 Å². The molecule has 9 heteroatoms. The molecule has 160 valence electrons. The van der Waals surface area contributed by atoms with Crippen molar-refractivity contribution >= 4 is 51.3 Å². The van der Waals surface area contributed by atoms with E-state index in [4.69, 9.17) is 32.7 Å². The first-order valence-corrected chi connectivity index (χ1v) is 10.8. The molecule has 0 bridgehead atoms. The largest absolute Gasteiger partial charge is 0.490 e. The second-order valence-electron chi connectivity index (χ2n) is 6.22. The van der Waals surface area contributed by atoms with Crippen LogP contribution in [0.1, 0.15) is 28.4 Å². The van der Waals surface area contributed by atoms with Gasteiger partial charge in [0.05, 0.1) is 23.4 Å². The van der Waals surface area contributed by atoms with E-state index in [9.17, 15) is 4.79 Å². The average Bonchev–Trinajstić information content (AvgIpc) is 2.75. The van der Waals surface area contributed by atoms with E-state index in [0.29, 0.717) is 35.3 Å². The third-order valence-corrected chi connectivity index (χ3v) is 5.12. The van der Waals surface area contributed by atoms with Crippen molar-refractivity contribution in [2.45, 2.75) is 13.5 Å². The zero-order chi connectivity index (χ0) is 22.2. The highest BCUT2D eigenvalue weighted by atomic mass is 79.9. The van der Waals surface area contributed by atoms with E-state index in [0.717, 1.165) is 10.0 Å². The highest BCUT2D eigenvalue weighted by Gasteiger charge is 2.13. The first-order valence-electron chi connectivity index (χ1n) is 9.25. The Labute approximate surface area is 198 Å². The molecule has 0 fully saturated rings. The SMILES string of the molecule is CCOc1cc(C=NNC(=O)c2cccnc2Cl)cc(Cl)c1OCc1ccc(Br)cc1. The molecule has 3 rings (SSSR count). The van der Waals surface area contributed by atoms with E-state index in [1.807, 2.05) is 31.2 Å². The molecule has 1 aromatic heterocycles. The number of hydrogen-bond donors (Lipinski definition) is 1. The highest BCUT2D eigenvalue weighted by Crippen LogP contribution is 2.37. The number of hydrogen-bond acceptors (Lipinski definition) is 5. The van der Waals surface area contributed by atoms with E-state index in [-0.39, 0.29) is 10.7 Å². The lowest BCUT2D eigenvalue weighted by atomic mass is 10.2. The van der Waals surface area contributed by atoms with Gasteiger partial charge in [-0.1, -0.05) is 51.3 Å². The number of halogens is 3. The van der Waals surface area contributed by atoms with Gasteiger partial charge in [-0.25, -0.2) is 10.4 Å². The monoisotopic (exact) mass is 521 g/mol. The van der Waals surface area contributed by atoms with Gasteiger partial charge in [-0.3, -0.25) is 4.79 Å². The van der Waals surface area contributed by atoms with Crippen molar-refractivity contribution in [3.8, 4) is 11.5 Å². The summed E-state index contributed by atoms with van der Waals surface area (Å²) in [6.45, 7) is 2.63. The summed E-state index contributed by atoms with van der Waals surface area (Å²) in [6, 6.07) is 14.4. The maximum Gasteiger partial charge on any atom is 0.274 e. The number of pyridine rings is 1. The van der Waals surface area contributed by atoms with Crippen LogP contribution in [0.4, 0.5) is 0 Å². The lowest BCUT2D eigenvalue weighted by Gasteiger charge is -2.14. The first kappa shape index (κ1) is 23.1. The second kappa shape index (κ2) is 11.1. The third-order valence-electron chi connectivity index (χ3n) is 4.01. The molecule has 0 aliphatic carbocycles. The normalized spacial score (nSPS) is 10.8. The number of carbonyl (C=O) groups excluding carboxylic acids is 1. The molecule has 1 heterocycles. The first-order chi connectivity index (χ1) is 15.0. The standard InChI is InChI=1S/C22H18BrCl2N3O3/c1-2-30-19-11-15(12-27-28-22(29)17-4-3-9-26-21(17)25)10-18(24)20(19)31-13-14-5-7-16(23)8-6-14/h3-12H,2,13H2,1H3,(H,28,29). The van der Waals surface area contributed by atoms with Gasteiger partial charge in [0.2, 0.25) is 0 Å². The number of rotatable bonds is 8. The number of amides is 1. The molecule has 2 aromatic carbocycles. The molecule has 0 saturated carbocycles. The van der Waals surface area contributed by atoms with Crippen LogP contribution in [0.5, 0.6) is 11.5 Å². The number of benzene rings is 2. The molecule has 3 aromatic rings. The van der Waals surface area contributed by atoms with Crippen LogP contribution in [0.3, 0.4) is 0 Å². The lowest BCUT2D eigenvalue weighted by molar-refractivity contribution is 0.0955. The van der Waals surface area contributed by atoms with Crippen molar-refractivity contribution in [2.75, 3.05) is 6.61 Å². The van der Waals surface area contributed by atoms with Gasteiger partial charge in [0, 0.05) is 10.7 Å². The summed E-state index contributed by atoms with van der Waals surface area (Å²) in [4.78, 5) is 16.0. The zero-order valence-electron chi connectivity index (χ0n) is 16.4. The summed E-state index contributed by atoms with van der Waals surface area (Å²) in [7, 11) is 0. The number of hydrazone groups is 1. The summed E-state index contributed by atoms with van der Waals surface area (Å²) in [5.41, 5.74) is 4.26. The van der Waals surface area contributed by atoms with Gasteiger partial charge in [-0.2, -0.15) is 5.10 Å². The molecule has 1 amide bonds. The quantitative estimate of drug-likeness (QED) is 0.227. The van der Waals surface area contributed by atoms with Gasteiger partial charge >= 0.3 is 0 Å². The molecular formula is C22H18BrCl2N3O3. The van der Waals surface area contributed by atoms with Gasteiger partial charge in [0.15, 0.2) is 11.5 Å². The van der Waals surface area contributed by atoms with E-state index in [1.54, 1.807) is 24.3 Å². The molecule has 1 N–H and O–H groups in total. The smallest absolute Gasteiger partial charge is 0.274 e. The van der Waals surface area contributed by atoms with Crippen molar-refractivity contribution in [2.24, 2.45) is 5.10 Å². The summed E-state index contributed by atoms with van der Waals surface area (Å²) in [5.74, 6) is 0.449. The highest BCUT2D eigenvalue weighted by molar-refractivity contribution is 9.10. The predicted molar refractivity (Wildman–Crippen MR) is 125 cm³/mol. The van der Waals surface area contributed by atoms with Crippen molar-refractivity contribution in [3.63, 3.8) is 0 Å². The van der Waals surface area contributed by atoms with Gasteiger partial charge in [0.25, 0.3) is 5.91 Å². The fourth-order valence-electron chi connectivity index (χ4n) is 2.58.